The van der Waals surface area contributed by atoms with E-state index in [1.165, 1.54) is 12.3 Å². The lowest BCUT2D eigenvalue weighted by molar-refractivity contribution is 0.0697. The third-order valence-electron chi connectivity index (χ3n) is 3.75. The van der Waals surface area contributed by atoms with Gasteiger partial charge in [-0.2, -0.15) is 0 Å². The third kappa shape index (κ3) is 3.04. The lowest BCUT2D eigenvalue weighted by Crippen LogP contribution is -2.40. The molecule has 1 atom stereocenters. The maximum absolute atomic E-state index is 11.2. The standard InChI is InChI=1S/C14H20ClN3O2/c1-3-10-9-17(2)7-4-8-18(10)13-12(15)11(14(19)20)5-6-16-13/h5-6,10H,3-4,7-9H2,1-2H3,(H,19,20). The van der Waals surface area contributed by atoms with E-state index in [2.05, 4.69) is 28.8 Å². The molecule has 2 heterocycles. The fourth-order valence-corrected chi connectivity index (χ4v) is 2.97. The van der Waals surface area contributed by atoms with Crippen molar-refractivity contribution >= 4 is 23.4 Å². The molecule has 0 bridgehead atoms. The molecule has 0 spiro atoms. The molecule has 0 aromatic carbocycles. The maximum Gasteiger partial charge on any atom is 0.337 e. The Labute approximate surface area is 124 Å². The van der Waals surface area contributed by atoms with Gasteiger partial charge >= 0.3 is 5.97 Å². The van der Waals surface area contributed by atoms with Crippen LogP contribution in [0.25, 0.3) is 0 Å². The molecule has 0 saturated carbocycles. The zero-order valence-electron chi connectivity index (χ0n) is 11.8. The summed E-state index contributed by atoms with van der Waals surface area (Å²) in [5.74, 6) is -0.424. The van der Waals surface area contributed by atoms with E-state index >= 15 is 0 Å². The minimum atomic E-state index is -1.02. The van der Waals surface area contributed by atoms with Crippen molar-refractivity contribution in [3.05, 3.63) is 22.8 Å². The van der Waals surface area contributed by atoms with Crippen LogP contribution >= 0.6 is 11.6 Å². The Hall–Kier alpha value is -1.33. The molecule has 1 aromatic rings. The number of carbonyl (C=O) groups is 1. The number of hydrogen-bond donors (Lipinski definition) is 1. The highest BCUT2D eigenvalue weighted by molar-refractivity contribution is 6.35. The number of carboxylic acid groups (broad SMARTS) is 1. The van der Waals surface area contributed by atoms with E-state index < -0.39 is 5.97 Å². The fourth-order valence-electron chi connectivity index (χ4n) is 2.67. The van der Waals surface area contributed by atoms with E-state index in [0.29, 0.717) is 11.9 Å². The van der Waals surface area contributed by atoms with Crippen molar-refractivity contribution in [3.8, 4) is 0 Å². The summed E-state index contributed by atoms with van der Waals surface area (Å²) in [6.07, 6.45) is 3.51. The highest BCUT2D eigenvalue weighted by atomic mass is 35.5. The van der Waals surface area contributed by atoms with Gasteiger partial charge in [-0.3, -0.25) is 0 Å². The Morgan fingerprint density at radius 3 is 2.95 bits per heavy atom. The number of hydrogen-bond acceptors (Lipinski definition) is 4. The predicted molar refractivity (Wildman–Crippen MR) is 79.7 cm³/mol. The normalized spacial score (nSPS) is 20.8. The second-order valence-corrected chi connectivity index (χ2v) is 5.55. The van der Waals surface area contributed by atoms with E-state index in [9.17, 15) is 9.90 Å². The van der Waals surface area contributed by atoms with Crippen LogP contribution in [0.1, 0.15) is 30.1 Å². The lowest BCUT2D eigenvalue weighted by atomic mass is 10.1. The van der Waals surface area contributed by atoms with Crippen molar-refractivity contribution in [2.45, 2.75) is 25.8 Å². The average molecular weight is 298 g/mol. The molecule has 6 heteroatoms. The summed E-state index contributed by atoms with van der Waals surface area (Å²) >= 11 is 6.25. The van der Waals surface area contributed by atoms with Crippen LogP contribution in [0, 0.1) is 0 Å². The summed E-state index contributed by atoms with van der Waals surface area (Å²) in [5, 5.41) is 9.41. The quantitative estimate of drug-likeness (QED) is 0.928. The lowest BCUT2D eigenvalue weighted by Gasteiger charge is -2.32. The number of halogens is 1. The molecule has 5 nitrogen and oxygen atoms in total. The van der Waals surface area contributed by atoms with Gasteiger partial charge < -0.3 is 14.9 Å². The van der Waals surface area contributed by atoms with Crippen molar-refractivity contribution in [2.24, 2.45) is 0 Å². The molecule has 0 amide bonds. The molecule has 0 aliphatic carbocycles. The van der Waals surface area contributed by atoms with Gasteiger partial charge in [0.1, 0.15) is 5.82 Å². The van der Waals surface area contributed by atoms with Crippen LogP contribution in [0.2, 0.25) is 5.02 Å². The topological polar surface area (TPSA) is 56.7 Å². The van der Waals surface area contributed by atoms with Crippen LogP contribution in [0.5, 0.6) is 0 Å². The summed E-state index contributed by atoms with van der Waals surface area (Å²) in [4.78, 5) is 20.0. The van der Waals surface area contributed by atoms with Crippen molar-refractivity contribution in [3.63, 3.8) is 0 Å². The van der Waals surface area contributed by atoms with Gasteiger partial charge in [-0.15, -0.1) is 0 Å². The van der Waals surface area contributed by atoms with Gasteiger partial charge in [0.15, 0.2) is 0 Å². The molecule has 1 fully saturated rings. The van der Waals surface area contributed by atoms with Crippen molar-refractivity contribution in [1.29, 1.82) is 0 Å². The molecule has 1 N–H and O–H groups in total. The SMILES string of the molecule is CCC1CN(C)CCCN1c1nccc(C(=O)O)c1Cl. The monoisotopic (exact) mass is 297 g/mol. The Morgan fingerprint density at radius 1 is 1.55 bits per heavy atom. The van der Waals surface area contributed by atoms with Crippen molar-refractivity contribution in [1.82, 2.24) is 9.88 Å². The average Bonchev–Trinajstić information content (AvgIpc) is 2.60. The molecule has 2 rings (SSSR count). The van der Waals surface area contributed by atoms with E-state index in [-0.39, 0.29) is 10.6 Å². The molecule has 20 heavy (non-hydrogen) atoms. The van der Waals surface area contributed by atoms with Gasteiger partial charge in [-0.05, 0) is 32.5 Å². The number of anilines is 1. The first kappa shape index (κ1) is 15.1. The number of likely N-dealkylation sites (N-methyl/N-ethyl adjacent to an activating group) is 1. The second kappa shape index (κ2) is 6.41. The van der Waals surface area contributed by atoms with Crippen LogP contribution in [0.15, 0.2) is 12.3 Å². The first-order valence-corrected chi connectivity index (χ1v) is 7.25. The predicted octanol–water partition coefficient (Wildman–Crippen LogP) is 2.35. The molecule has 0 radical (unpaired) electrons. The Kier molecular flexibility index (Phi) is 4.83. The van der Waals surface area contributed by atoms with Crippen LogP contribution in [0.4, 0.5) is 5.82 Å². The van der Waals surface area contributed by atoms with E-state index in [1.54, 1.807) is 0 Å². The Balaban J connectivity index is 2.38. The molecule has 1 aromatic heterocycles. The largest absolute Gasteiger partial charge is 0.478 e. The third-order valence-corrected chi connectivity index (χ3v) is 4.12. The molecule has 1 unspecified atom stereocenters. The van der Waals surface area contributed by atoms with Crippen molar-refractivity contribution < 1.29 is 9.90 Å². The highest BCUT2D eigenvalue weighted by Crippen LogP contribution is 2.30. The number of rotatable bonds is 3. The summed E-state index contributed by atoms with van der Waals surface area (Å²) in [7, 11) is 2.11. The zero-order valence-corrected chi connectivity index (χ0v) is 12.6. The highest BCUT2D eigenvalue weighted by Gasteiger charge is 2.26. The summed E-state index contributed by atoms with van der Waals surface area (Å²) in [6.45, 7) is 4.94. The number of aromatic nitrogens is 1. The summed E-state index contributed by atoms with van der Waals surface area (Å²) in [5.41, 5.74) is 0.115. The zero-order chi connectivity index (χ0) is 14.7. The van der Waals surface area contributed by atoms with Gasteiger partial charge in [0.25, 0.3) is 0 Å². The van der Waals surface area contributed by atoms with E-state index in [4.69, 9.17) is 11.6 Å². The second-order valence-electron chi connectivity index (χ2n) is 5.17. The van der Waals surface area contributed by atoms with Gasteiger partial charge in [0, 0.05) is 25.3 Å². The minimum Gasteiger partial charge on any atom is -0.478 e. The molecule has 110 valence electrons. The van der Waals surface area contributed by atoms with Crippen molar-refractivity contribution in [2.75, 3.05) is 31.6 Å². The van der Waals surface area contributed by atoms with Crippen LogP contribution in [-0.4, -0.2) is 53.7 Å². The molecular weight excluding hydrogens is 278 g/mol. The minimum absolute atomic E-state index is 0.115. The van der Waals surface area contributed by atoms with Gasteiger partial charge in [-0.1, -0.05) is 18.5 Å². The number of nitrogens with zero attached hydrogens (tertiary/aromatic N) is 3. The Morgan fingerprint density at radius 2 is 2.30 bits per heavy atom. The first-order valence-electron chi connectivity index (χ1n) is 6.87. The van der Waals surface area contributed by atoms with Gasteiger partial charge in [-0.25, -0.2) is 9.78 Å². The Bertz CT molecular complexity index is 495. The van der Waals surface area contributed by atoms with Crippen LogP contribution < -0.4 is 4.90 Å². The first-order chi connectivity index (χ1) is 9.54. The van der Waals surface area contributed by atoms with Gasteiger partial charge in [0.05, 0.1) is 10.6 Å². The smallest absolute Gasteiger partial charge is 0.337 e. The molecule has 1 aliphatic heterocycles. The van der Waals surface area contributed by atoms with E-state index in [1.807, 2.05) is 0 Å². The van der Waals surface area contributed by atoms with Crippen LogP contribution in [0.3, 0.4) is 0 Å². The number of carboxylic acids is 1. The summed E-state index contributed by atoms with van der Waals surface area (Å²) in [6, 6.07) is 1.75. The molecule has 1 saturated heterocycles. The molecule has 1 aliphatic rings. The number of pyridine rings is 1. The molecular formula is C14H20ClN3O2. The number of aromatic carboxylic acids is 1. The fraction of sp³-hybridized carbons (Fsp3) is 0.571. The van der Waals surface area contributed by atoms with Crippen LogP contribution in [-0.2, 0) is 0 Å². The van der Waals surface area contributed by atoms with Gasteiger partial charge in [0.2, 0.25) is 0 Å². The maximum atomic E-state index is 11.2. The van der Waals surface area contributed by atoms with E-state index in [0.717, 1.165) is 32.5 Å². The summed E-state index contributed by atoms with van der Waals surface area (Å²) < 4.78 is 0.